The van der Waals surface area contributed by atoms with E-state index in [1.807, 2.05) is 28.9 Å². The van der Waals surface area contributed by atoms with Crippen molar-refractivity contribution in [3.8, 4) is 11.3 Å². The molecular formula is C19H20N6O. The summed E-state index contributed by atoms with van der Waals surface area (Å²) in [4.78, 5) is 6.77. The smallest absolute Gasteiger partial charge is 0.154 e. The summed E-state index contributed by atoms with van der Waals surface area (Å²) in [6, 6.07) is 10.7. The molecule has 1 saturated heterocycles. The van der Waals surface area contributed by atoms with Gasteiger partial charge in [-0.25, -0.2) is 9.50 Å². The van der Waals surface area contributed by atoms with E-state index in [4.69, 9.17) is 9.84 Å². The predicted molar refractivity (Wildman–Crippen MR) is 98.9 cm³/mol. The van der Waals surface area contributed by atoms with Crippen LogP contribution < -0.4 is 4.90 Å². The summed E-state index contributed by atoms with van der Waals surface area (Å²) in [7, 11) is 2.11. The Bertz CT molecular complexity index is 989. The average molecular weight is 348 g/mol. The zero-order valence-corrected chi connectivity index (χ0v) is 14.7. The Morgan fingerprint density at radius 2 is 2.04 bits per heavy atom. The number of benzene rings is 1. The van der Waals surface area contributed by atoms with Crippen LogP contribution in [0.25, 0.3) is 16.9 Å². The number of azo groups is 1. The van der Waals surface area contributed by atoms with E-state index in [0.29, 0.717) is 12.6 Å². The van der Waals surface area contributed by atoms with Crippen molar-refractivity contribution in [1.82, 2.24) is 14.6 Å². The number of hydrogen-bond donors (Lipinski definition) is 0. The van der Waals surface area contributed by atoms with Gasteiger partial charge in [-0.2, -0.15) is 10.2 Å². The van der Waals surface area contributed by atoms with E-state index >= 15 is 0 Å². The number of aromatic nitrogens is 3. The van der Waals surface area contributed by atoms with Crippen molar-refractivity contribution in [2.24, 2.45) is 10.2 Å². The van der Waals surface area contributed by atoms with Gasteiger partial charge in [-0.1, -0.05) is 6.07 Å². The second-order valence-corrected chi connectivity index (χ2v) is 6.80. The summed E-state index contributed by atoms with van der Waals surface area (Å²) in [6.07, 6.45) is 3.95. The number of ether oxygens (including phenoxy) is 1. The highest BCUT2D eigenvalue weighted by Crippen LogP contribution is 2.31. The molecule has 0 N–H and O–H groups in total. The largest absolute Gasteiger partial charge is 0.381 e. The maximum absolute atomic E-state index is 5.48. The Kier molecular flexibility index (Phi) is 3.67. The number of hydrogen-bond acceptors (Lipinski definition) is 6. The molecule has 0 atom stereocenters. The molecule has 0 unspecified atom stereocenters. The minimum Gasteiger partial charge on any atom is -0.381 e. The minimum atomic E-state index is 0.462. The molecule has 132 valence electrons. The second-order valence-electron chi connectivity index (χ2n) is 6.80. The molecule has 0 amide bonds. The lowest BCUT2D eigenvalue weighted by molar-refractivity contribution is 0.0853. The van der Waals surface area contributed by atoms with Crippen LogP contribution in [-0.2, 0) is 11.3 Å². The molecule has 0 aliphatic carbocycles. The van der Waals surface area contributed by atoms with Crippen LogP contribution in [0.4, 0.5) is 11.5 Å². The molecule has 7 heteroatoms. The van der Waals surface area contributed by atoms with E-state index in [0.717, 1.165) is 60.0 Å². The summed E-state index contributed by atoms with van der Waals surface area (Å²) >= 11 is 0. The van der Waals surface area contributed by atoms with Gasteiger partial charge >= 0.3 is 0 Å². The summed E-state index contributed by atoms with van der Waals surface area (Å²) in [5, 5.41) is 13.1. The Balaban J connectivity index is 1.53. The van der Waals surface area contributed by atoms with Crippen LogP contribution in [-0.4, -0.2) is 40.9 Å². The van der Waals surface area contributed by atoms with Gasteiger partial charge in [0.2, 0.25) is 0 Å². The molecule has 0 radical (unpaired) electrons. The van der Waals surface area contributed by atoms with Crippen LogP contribution in [0, 0.1) is 0 Å². The minimum absolute atomic E-state index is 0.462. The molecule has 7 nitrogen and oxygen atoms in total. The summed E-state index contributed by atoms with van der Waals surface area (Å²) in [5.41, 5.74) is 5.02. The summed E-state index contributed by atoms with van der Waals surface area (Å²) in [6.45, 7) is 2.28. The first-order valence-corrected chi connectivity index (χ1v) is 8.96. The predicted octanol–water partition coefficient (Wildman–Crippen LogP) is 3.61. The number of nitrogens with zero attached hydrogens (tertiary/aromatic N) is 6. The molecular weight excluding hydrogens is 328 g/mol. The number of anilines is 1. The first kappa shape index (κ1) is 15.5. The Labute approximate surface area is 151 Å². The molecule has 2 aromatic heterocycles. The van der Waals surface area contributed by atoms with Crippen molar-refractivity contribution in [3.05, 3.63) is 42.1 Å². The van der Waals surface area contributed by atoms with Crippen LogP contribution >= 0.6 is 0 Å². The fourth-order valence-corrected chi connectivity index (χ4v) is 3.66. The fraction of sp³-hybridized carbons (Fsp3) is 0.368. The van der Waals surface area contributed by atoms with Crippen molar-refractivity contribution in [2.45, 2.75) is 25.4 Å². The Morgan fingerprint density at radius 3 is 2.92 bits per heavy atom. The van der Waals surface area contributed by atoms with Crippen LogP contribution in [0.1, 0.15) is 18.4 Å². The van der Waals surface area contributed by atoms with Crippen molar-refractivity contribution < 1.29 is 4.74 Å². The fourth-order valence-electron chi connectivity index (χ4n) is 3.66. The van der Waals surface area contributed by atoms with Gasteiger partial charge in [-0.15, -0.1) is 5.10 Å². The summed E-state index contributed by atoms with van der Waals surface area (Å²) in [5.74, 6) is 0.954. The zero-order chi connectivity index (χ0) is 17.5. The topological polar surface area (TPSA) is 67.4 Å². The zero-order valence-electron chi connectivity index (χ0n) is 14.7. The molecule has 0 saturated carbocycles. The monoisotopic (exact) mass is 348 g/mol. The normalized spacial score (nSPS) is 17.0. The van der Waals surface area contributed by atoms with Crippen LogP contribution in [0.3, 0.4) is 0 Å². The third-order valence-electron chi connectivity index (χ3n) is 5.24. The molecule has 1 aromatic carbocycles. The van der Waals surface area contributed by atoms with Gasteiger partial charge < -0.3 is 9.64 Å². The van der Waals surface area contributed by atoms with E-state index in [9.17, 15) is 0 Å². The quantitative estimate of drug-likeness (QED) is 0.725. The maximum Gasteiger partial charge on any atom is 0.154 e. The molecule has 26 heavy (non-hydrogen) atoms. The molecule has 1 fully saturated rings. The lowest BCUT2D eigenvalue weighted by atomic mass is 10.1. The molecule has 5 rings (SSSR count). The standard InChI is InChI=1S/C19H20N6O/c1-24(15-6-8-26-9-7-15)19-5-4-18-20-12-17(25(18)23-19)13-2-3-16-14(10-13)11-21-22-16/h2-5,10,12,15H,6-9,11H2,1H3. The van der Waals surface area contributed by atoms with E-state index in [1.54, 1.807) is 0 Å². The highest BCUT2D eigenvalue weighted by atomic mass is 16.5. The molecule has 2 aliphatic rings. The van der Waals surface area contributed by atoms with Crippen molar-refractivity contribution in [1.29, 1.82) is 0 Å². The molecule has 0 bridgehead atoms. The molecule has 4 heterocycles. The highest BCUT2D eigenvalue weighted by molar-refractivity contribution is 5.68. The first-order valence-electron chi connectivity index (χ1n) is 8.96. The maximum atomic E-state index is 5.48. The van der Waals surface area contributed by atoms with E-state index in [2.05, 4.69) is 39.3 Å². The third-order valence-corrected chi connectivity index (χ3v) is 5.24. The van der Waals surface area contributed by atoms with Crippen molar-refractivity contribution in [3.63, 3.8) is 0 Å². The van der Waals surface area contributed by atoms with Crippen LogP contribution in [0.15, 0.2) is 46.8 Å². The highest BCUT2D eigenvalue weighted by Gasteiger charge is 2.20. The Hall–Kier alpha value is -2.80. The van der Waals surface area contributed by atoms with Gasteiger partial charge in [0.1, 0.15) is 5.82 Å². The van der Waals surface area contributed by atoms with Gasteiger partial charge in [0, 0.05) is 37.4 Å². The number of imidazole rings is 1. The molecule has 3 aromatic rings. The van der Waals surface area contributed by atoms with Crippen molar-refractivity contribution in [2.75, 3.05) is 25.2 Å². The van der Waals surface area contributed by atoms with E-state index < -0.39 is 0 Å². The van der Waals surface area contributed by atoms with Gasteiger partial charge in [0.25, 0.3) is 0 Å². The van der Waals surface area contributed by atoms with Gasteiger partial charge in [0.15, 0.2) is 5.65 Å². The molecule has 2 aliphatic heterocycles. The van der Waals surface area contributed by atoms with Crippen LogP contribution in [0.2, 0.25) is 0 Å². The van der Waals surface area contributed by atoms with Gasteiger partial charge in [0.05, 0.1) is 24.1 Å². The SMILES string of the molecule is CN(c1ccc2ncc(-c3ccc4c(c3)CN=N4)n2n1)C1CCOCC1. The number of fused-ring (bicyclic) bond motifs is 2. The van der Waals surface area contributed by atoms with E-state index in [-0.39, 0.29) is 0 Å². The average Bonchev–Trinajstić information content (AvgIpc) is 3.33. The third kappa shape index (κ3) is 2.55. The van der Waals surface area contributed by atoms with Crippen LogP contribution in [0.5, 0.6) is 0 Å². The number of rotatable bonds is 3. The lowest BCUT2D eigenvalue weighted by Crippen LogP contribution is -2.37. The second kappa shape index (κ2) is 6.17. The van der Waals surface area contributed by atoms with E-state index in [1.165, 1.54) is 0 Å². The lowest BCUT2D eigenvalue weighted by Gasteiger charge is -2.31. The van der Waals surface area contributed by atoms with Crippen molar-refractivity contribution >= 4 is 17.2 Å². The van der Waals surface area contributed by atoms with Gasteiger partial charge in [-0.05, 0) is 37.1 Å². The molecule has 0 spiro atoms. The summed E-state index contributed by atoms with van der Waals surface area (Å²) < 4.78 is 7.41. The first-order chi connectivity index (χ1) is 12.8. The van der Waals surface area contributed by atoms with Gasteiger partial charge in [-0.3, -0.25) is 0 Å². The Morgan fingerprint density at radius 1 is 1.15 bits per heavy atom.